The number of anilines is 1. The molecule has 1 aliphatic heterocycles. The number of ether oxygens (including phenoxy) is 1. The van der Waals surface area contributed by atoms with Crippen LogP contribution in [0.3, 0.4) is 0 Å². The molecule has 8 rings (SSSR count). The summed E-state index contributed by atoms with van der Waals surface area (Å²) in [6.45, 7) is 1.47. The Kier molecular flexibility index (Phi) is 6.78. The zero-order chi connectivity index (χ0) is 34.4. The fourth-order valence-electron chi connectivity index (χ4n) is 7.68. The lowest BCUT2D eigenvalue weighted by Gasteiger charge is -2.42. The van der Waals surface area contributed by atoms with Crippen LogP contribution in [0.1, 0.15) is 31.2 Å². The van der Waals surface area contributed by atoms with E-state index in [1.807, 2.05) is 18.2 Å². The minimum Gasteiger partial charge on any atom is -0.508 e. The third kappa shape index (κ3) is 4.89. The number of fused-ring (bicyclic) bond motifs is 4. The molecule has 0 spiro atoms. The Bertz CT molecular complexity index is 2190. The van der Waals surface area contributed by atoms with Crippen molar-refractivity contribution in [2.24, 2.45) is 17.8 Å². The van der Waals surface area contributed by atoms with Crippen molar-refractivity contribution in [3.8, 4) is 23.0 Å². The molecule has 12 heteroatoms. The zero-order valence-corrected chi connectivity index (χ0v) is 25.7. The molecule has 3 aromatic carbocycles. The van der Waals surface area contributed by atoms with E-state index in [1.165, 1.54) is 13.0 Å². The molecule has 0 radical (unpaired) electrons. The standard InChI is InChI=1S/C37H25F3N2O7/c1-17-14-28(44)25-16-23-21(30(32(25)33(17)45)24-15-20(10-13-27(24)43)49-37(38,39)40)11-12-22-31(23)36(47)42(35(22)46)19-8-6-18(7-9-19)34-41-26-4-2-3-5-29(26)48-34/h2-11,13-15,22-23,30-31,43H,12,16H2,1H3/t22-,23+,30+,31-/m0/s1. The van der Waals surface area contributed by atoms with E-state index in [-0.39, 0.29) is 35.1 Å². The number of carbonyl (C=O) groups is 4. The number of hydrogen-bond acceptors (Lipinski definition) is 8. The number of nitrogens with zero attached hydrogens (tertiary/aromatic N) is 2. The molecule has 1 N–H and O–H groups in total. The summed E-state index contributed by atoms with van der Waals surface area (Å²) in [6, 6.07) is 16.9. The molecule has 0 saturated carbocycles. The van der Waals surface area contributed by atoms with E-state index < -0.39 is 64.9 Å². The number of Topliss-reactive ketones (excluding diaryl/α,β-unsaturated/α-hetero) is 1. The Labute approximate surface area is 276 Å². The summed E-state index contributed by atoms with van der Waals surface area (Å²) >= 11 is 0. The summed E-state index contributed by atoms with van der Waals surface area (Å²) in [5.41, 5.74) is 2.93. The summed E-state index contributed by atoms with van der Waals surface area (Å²) in [6.07, 6.45) is -2.04. The van der Waals surface area contributed by atoms with Crippen LogP contribution in [-0.4, -0.2) is 39.8 Å². The fraction of sp³-hybridized carbons (Fsp3) is 0.216. The van der Waals surface area contributed by atoms with Gasteiger partial charge in [0.15, 0.2) is 17.1 Å². The normalized spacial score (nSPS) is 23.7. The van der Waals surface area contributed by atoms with E-state index >= 15 is 0 Å². The van der Waals surface area contributed by atoms with Gasteiger partial charge in [-0.3, -0.25) is 24.1 Å². The maximum atomic E-state index is 14.2. The van der Waals surface area contributed by atoms with Crippen molar-refractivity contribution in [1.82, 2.24) is 4.98 Å². The number of amides is 2. The maximum absolute atomic E-state index is 14.2. The Balaban J connectivity index is 1.17. The molecule has 4 aromatic rings. The third-order valence-corrected chi connectivity index (χ3v) is 9.77. The molecule has 2 heterocycles. The lowest BCUT2D eigenvalue weighted by Crippen LogP contribution is -2.39. The number of imide groups is 1. The molecule has 246 valence electrons. The van der Waals surface area contributed by atoms with Gasteiger partial charge >= 0.3 is 6.36 Å². The highest BCUT2D eigenvalue weighted by Crippen LogP contribution is 2.56. The first-order chi connectivity index (χ1) is 23.4. The minimum atomic E-state index is -5.03. The van der Waals surface area contributed by atoms with E-state index in [9.17, 15) is 37.5 Å². The molecule has 2 amide bonds. The van der Waals surface area contributed by atoms with Crippen molar-refractivity contribution in [3.63, 3.8) is 0 Å². The molecule has 3 aliphatic carbocycles. The smallest absolute Gasteiger partial charge is 0.508 e. The topological polar surface area (TPSA) is 127 Å². The second-order valence-electron chi connectivity index (χ2n) is 12.5. The van der Waals surface area contributed by atoms with Crippen LogP contribution in [-0.2, 0) is 19.2 Å². The van der Waals surface area contributed by atoms with Crippen LogP contribution < -0.4 is 9.64 Å². The predicted octanol–water partition coefficient (Wildman–Crippen LogP) is 6.73. The number of halogens is 3. The molecule has 1 aromatic heterocycles. The largest absolute Gasteiger partial charge is 0.573 e. The number of allylic oxidation sites excluding steroid dienone is 6. The zero-order valence-electron chi connectivity index (χ0n) is 25.7. The molecule has 4 atom stereocenters. The quantitative estimate of drug-likeness (QED) is 0.144. The molecule has 4 aliphatic rings. The summed E-state index contributed by atoms with van der Waals surface area (Å²) in [5, 5.41) is 11.0. The Morgan fingerprint density at radius 3 is 2.45 bits per heavy atom. The first-order valence-corrected chi connectivity index (χ1v) is 15.5. The van der Waals surface area contributed by atoms with Crippen LogP contribution in [0.2, 0.25) is 0 Å². The average Bonchev–Trinajstić information content (AvgIpc) is 3.61. The van der Waals surface area contributed by atoms with E-state index in [2.05, 4.69) is 9.72 Å². The predicted molar refractivity (Wildman–Crippen MR) is 168 cm³/mol. The van der Waals surface area contributed by atoms with Gasteiger partial charge in [-0.15, -0.1) is 13.2 Å². The van der Waals surface area contributed by atoms with Crippen molar-refractivity contribution < 1.29 is 46.6 Å². The van der Waals surface area contributed by atoms with Crippen LogP contribution in [0.15, 0.2) is 106 Å². The Morgan fingerprint density at radius 1 is 0.959 bits per heavy atom. The molecule has 0 bridgehead atoms. The number of phenols is 1. The number of rotatable bonds is 4. The monoisotopic (exact) mass is 666 g/mol. The van der Waals surface area contributed by atoms with E-state index in [1.54, 1.807) is 36.4 Å². The molecular formula is C37H25F3N2O7. The highest BCUT2D eigenvalue weighted by molar-refractivity contribution is 6.25. The Hall–Kier alpha value is -5.78. The number of aromatic nitrogens is 1. The van der Waals surface area contributed by atoms with Crippen molar-refractivity contribution in [3.05, 3.63) is 107 Å². The fourth-order valence-corrected chi connectivity index (χ4v) is 7.68. The minimum absolute atomic E-state index is 0.0315. The van der Waals surface area contributed by atoms with Gasteiger partial charge in [0.1, 0.15) is 17.0 Å². The van der Waals surface area contributed by atoms with Gasteiger partial charge in [-0.25, -0.2) is 4.98 Å². The number of alkyl halides is 3. The average molecular weight is 667 g/mol. The van der Waals surface area contributed by atoms with Crippen molar-refractivity contribution >= 4 is 40.2 Å². The number of para-hydroxylation sites is 2. The van der Waals surface area contributed by atoms with Gasteiger partial charge < -0.3 is 14.3 Å². The van der Waals surface area contributed by atoms with Gasteiger partial charge in [0.25, 0.3) is 0 Å². The number of oxazole rings is 1. The van der Waals surface area contributed by atoms with Gasteiger partial charge in [0, 0.05) is 33.8 Å². The highest BCUT2D eigenvalue weighted by atomic mass is 19.4. The van der Waals surface area contributed by atoms with Gasteiger partial charge in [-0.1, -0.05) is 23.8 Å². The molecule has 0 unspecified atom stereocenters. The van der Waals surface area contributed by atoms with Crippen molar-refractivity contribution in [2.45, 2.75) is 32.0 Å². The van der Waals surface area contributed by atoms with Crippen LogP contribution in [0, 0.1) is 17.8 Å². The third-order valence-electron chi connectivity index (χ3n) is 9.77. The lowest BCUT2D eigenvalue weighted by atomic mass is 9.59. The number of phenolic OH excluding ortho intramolecular Hbond substituents is 1. The van der Waals surface area contributed by atoms with Gasteiger partial charge in [-0.05, 0) is 86.4 Å². The molecular weight excluding hydrogens is 641 g/mol. The SMILES string of the molecule is CC1=CC(=O)C2=C(C1=O)[C@@H](c1cc(OC(F)(F)F)ccc1O)C1=CC[C@@H]3C(=O)N(c4ccc(-c5nc6ccccc6o5)cc4)C(=O)[C@@H]3[C@@H]1C2. The van der Waals surface area contributed by atoms with Crippen LogP contribution in [0.25, 0.3) is 22.6 Å². The summed E-state index contributed by atoms with van der Waals surface area (Å²) in [5.74, 6) is -6.16. The second kappa shape index (κ2) is 10.9. The lowest BCUT2D eigenvalue weighted by molar-refractivity contribution is -0.274. The summed E-state index contributed by atoms with van der Waals surface area (Å²) < 4.78 is 49.5. The number of aromatic hydroxyl groups is 1. The molecule has 49 heavy (non-hydrogen) atoms. The summed E-state index contributed by atoms with van der Waals surface area (Å²) in [7, 11) is 0. The van der Waals surface area contributed by atoms with Gasteiger partial charge in [0.2, 0.25) is 17.7 Å². The van der Waals surface area contributed by atoms with E-state index in [4.69, 9.17) is 4.42 Å². The number of hydrogen-bond donors (Lipinski definition) is 1. The molecule has 9 nitrogen and oxygen atoms in total. The van der Waals surface area contributed by atoms with Crippen molar-refractivity contribution in [1.29, 1.82) is 0 Å². The van der Waals surface area contributed by atoms with Crippen molar-refractivity contribution in [2.75, 3.05) is 4.90 Å². The number of benzene rings is 3. The maximum Gasteiger partial charge on any atom is 0.573 e. The van der Waals surface area contributed by atoms with Gasteiger partial charge in [-0.2, -0.15) is 0 Å². The molecule has 1 saturated heterocycles. The number of carbonyl (C=O) groups excluding carboxylic acids is 4. The van der Waals surface area contributed by atoms with Gasteiger partial charge in [0.05, 0.1) is 17.5 Å². The first-order valence-electron chi connectivity index (χ1n) is 15.5. The van der Waals surface area contributed by atoms with Crippen LogP contribution in [0.4, 0.5) is 18.9 Å². The van der Waals surface area contributed by atoms with E-state index in [0.29, 0.717) is 33.8 Å². The van der Waals surface area contributed by atoms with Crippen LogP contribution >= 0.6 is 0 Å². The molecule has 1 fully saturated rings. The Morgan fingerprint density at radius 2 is 1.71 bits per heavy atom. The highest BCUT2D eigenvalue weighted by Gasteiger charge is 2.57. The van der Waals surface area contributed by atoms with E-state index in [0.717, 1.165) is 23.1 Å². The van der Waals surface area contributed by atoms with Crippen LogP contribution in [0.5, 0.6) is 11.5 Å². The summed E-state index contributed by atoms with van der Waals surface area (Å²) in [4.78, 5) is 60.7. The first kappa shape index (κ1) is 30.5. The second-order valence-corrected chi connectivity index (χ2v) is 12.5. The number of ketones is 2.